The van der Waals surface area contributed by atoms with Gasteiger partial charge in [-0.1, -0.05) is 11.6 Å². The molecule has 0 N–H and O–H groups in total. The third-order valence-electron chi connectivity index (χ3n) is 2.71. The molecule has 92 valence electrons. The van der Waals surface area contributed by atoms with E-state index in [9.17, 15) is 0 Å². The summed E-state index contributed by atoms with van der Waals surface area (Å²) in [5.41, 5.74) is 1.69. The van der Waals surface area contributed by atoms with Gasteiger partial charge in [0.15, 0.2) is 0 Å². The van der Waals surface area contributed by atoms with E-state index in [1.807, 2.05) is 39.8 Å². The van der Waals surface area contributed by atoms with Crippen molar-refractivity contribution in [2.24, 2.45) is 5.41 Å². The Morgan fingerprint density at radius 2 is 1.82 bits per heavy atom. The summed E-state index contributed by atoms with van der Waals surface area (Å²) in [5, 5.41) is 9.68. The number of hydrogen-bond acceptors (Lipinski definition) is 2. The van der Waals surface area contributed by atoms with E-state index in [1.165, 1.54) is 0 Å². The lowest BCUT2D eigenvalue weighted by molar-refractivity contribution is 0.264. The Hall–Kier alpha value is -1.20. The van der Waals surface area contributed by atoms with Crippen molar-refractivity contribution in [2.45, 2.75) is 34.1 Å². The maximum Gasteiger partial charge on any atom is 0.119 e. The monoisotopic (exact) mass is 251 g/mol. The zero-order valence-electron chi connectivity index (χ0n) is 10.8. The Kier molecular flexibility index (Phi) is 4.42. The first kappa shape index (κ1) is 13.9. The minimum atomic E-state index is -0.337. The van der Waals surface area contributed by atoms with Gasteiger partial charge in [0.1, 0.15) is 5.75 Å². The van der Waals surface area contributed by atoms with E-state index < -0.39 is 0 Å². The van der Waals surface area contributed by atoms with Crippen LogP contribution in [0.2, 0.25) is 5.02 Å². The molecule has 0 aliphatic rings. The fourth-order valence-corrected chi connectivity index (χ4v) is 1.58. The van der Waals surface area contributed by atoms with E-state index in [1.54, 1.807) is 0 Å². The van der Waals surface area contributed by atoms with Gasteiger partial charge in [-0.2, -0.15) is 5.26 Å². The Balaban J connectivity index is 2.63. The van der Waals surface area contributed by atoms with E-state index in [0.29, 0.717) is 13.0 Å². The van der Waals surface area contributed by atoms with Crippen LogP contribution in [0.5, 0.6) is 5.75 Å². The molecule has 2 nitrogen and oxygen atoms in total. The summed E-state index contributed by atoms with van der Waals surface area (Å²) in [4.78, 5) is 0. The highest BCUT2D eigenvalue weighted by Gasteiger charge is 2.16. The lowest BCUT2D eigenvalue weighted by Crippen LogP contribution is -2.13. The Bertz CT molecular complexity index is 423. The number of rotatable bonds is 4. The number of nitrogens with zero attached hydrogens (tertiary/aromatic N) is 1. The van der Waals surface area contributed by atoms with Crippen molar-refractivity contribution in [1.82, 2.24) is 0 Å². The molecular weight excluding hydrogens is 234 g/mol. The van der Waals surface area contributed by atoms with Crippen molar-refractivity contribution in [3.63, 3.8) is 0 Å². The van der Waals surface area contributed by atoms with E-state index in [4.69, 9.17) is 21.6 Å². The highest BCUT2D eigenvalue weighted by atomic mass is 35.5. The summed E-state index contributed by atoms with van der Waals surface area (Å²) >= 11 is 6.08. The largest absolute Gasteiger partial charge is 0.494 e. The van der Waals surface area contributed by atoms with E-state index in [-0.39, 0.29) is 5.41 Å². The average Bonchev–Trinajstić information content (AvgIpc) is 2.25. The van der Waals surface area contributed by atoms with Gasteiger partial charge in [0.25, 0.3) is 0 Å². The molecule has 0 aromatic heterocycles. The first-order valence-corrected chi connectivity index (χ1v) is 6.04. The van der Waals surface area contributed by atoms with Crippen molar-refractivity contribution in [2.75, 3.05) is 6.61 Å². The number of nitriles is 1. The number of ether oxygens (including phenoxy) is 1. The minimum Gasteiger partial charge on any atom is -0.494 e. The fourth-order valence-electron chi connectivity index (χ4n) is 1.47. The van der Waals surface area contributed by atoms with Gasteiger partial charge in [0.2, 0.25) is 0 Å². The molecule has 0 amide bonds. The first-order valence-electron chi connectivity index (χ1n) is 5.66. The third-order valence-corrected chi connectivity index (χ3v) is 3.30. The van der Waals surface area contributed by atoms with Crippen LogP contribution in [-0.2, 0) is 0 Å². The highest BCUT2D eigenvalue weighted by Crippen LogP contribution is 2.26. The second kappa shape index (κ2) is 5.42. The molecule has 0 fully saturated rings. The molecule has 0 unspecified atom stereocenters. The molecule has 0 spiro atoms. The quantitative estimate of drug-likeness (QED) is 0.800. The number of benzene rings is 1. The van der Waals surface area contributed by atoms with Crippen LogP contribution in [0.25, 0.3) is 0 Å². The molecule has 1 aromatic rings. The first-order chi connectivity index (χ1) is 7.85. The molecule has 1 rings (SSSR count). The summed E-state index contributed by atoms with van der Waals surface area (Å²) in [6, 6.07) is 6.11. The SMILES string of the molecule is Cc1cc(OCCC(C)(C)C#N)cc(C)c1Cl. The van der Waals surface area contributed by atoms with Crippen molar-refractivity contribution in [1.29, 1.82) is 5.26 Å². The van der Waals surface area contributed by atoms with Gasteiger partial charge in [-0.25, -0.2) is 0 Å². The van der Waals surface area contributed by atoms with Gasteiger partial charge in [-0.3, -0.25) is 0 Å². The molecule has 0 radical (unpaired) electrons. The van der Waals surface area contributed by atoms with Crippen molar-refractivity contribution in [3.05, 3.63) is 28.3 Å². The number of halogens is 1. The molecule has 0 atom stereocenters. The van der Waals surface area contributed by atoms with Gasteiger partial charge in [-0.15, -0.1) is 0 Å². The van der Waals surface area contributed by atoms with Crippen LogP contribution in [0.15, 0.2) is 12.1 Å². The summed E-state index contributed by atoms with van der Waals surface area (Å²) in [7, 11) is 0. The van der Waals surface area contributed by atoms with Crippen LogP contribution in [0.3, 0.4) is 0 Å². The maximum absolute atomic E-state index is 8.89. The van der Waals surface area contributed by atoms with Crippen LogP contribution < -0.4 is 4.74 Å². The molecule has 0 saturated heterocycles. The van der Waals surface area contributed by atoms with Crippen molar-refractivity contribution >= 4 is 11.6 Å². The van der Waals surface area contributed by atoms with Crippen molar-refractivity contribution in [3.8, 4) is 11.8 Å². The number of aryl methyl sites for hydroxylation is 2. The third kappa shape index (κ3) is 3.94. The molecule has 0 heterocycles. The van der Waals surface area contributed by atoms with Crippen LogP contribution >= 0.6 is 11.6 Å². The van der Waals surface area contributed by atoms with E-state index in [2.05, 4.69) is 6.07 Å². The maximum atomic E-state index is 8.89. The topological polar surface area (TPSA) is 33.0 Å². The normalized spacial score (nSPS) is 11.1. The Morgan fingerprint density at radius 3 is 2.29 bits per heavy atom. The molecule has 17 heavy (non-hydrogen) atoms. The zero-order chi connectivity index (χ0) is 13.1. The number of hydrogen-bond donors (Lipinski definition) is 0. The van der Waals surface area contributed by atoms with Crippen LogP contribution in [-0.4, -0.2) is 6.61 Å². The molecule has 3 heteroatoms. The van der Waals surface area contributed by atoms with E-state index >= 15 is 0 Å². The van der Waals surface area contributed by atoms with Gasteiger partial charge >= 0.3 is 0 Å². The summed E-state index contributed by atoms with van der Waals surface area (Å²) < 4.78 is 5.65. The Labute approximate surface area is 108 Å². The lowest BCUT2D eigenvalue weighted by Gasteiger charge is -2.16. The highest BCUT2D eigenvalue weighted by molar-refractivity contribution is 6.32. The van der Waals surface area contributed by atoms with Gasteiger partial charge in [-0.05, 0) is 57.4 Å². The summed E-state index contributed by atoms with van der Waals surface area (Å²) in [6.07, 6.45) is 0.713. The molecule has 0 bridgehead atoms. The molecule has 0 aliphatic heterocycles. The summed E-state index contributed by atoms with van der Waals surface area (Å²) in [5.74, 6) is 0.818. The second-order valence-electron chi connectivity index (χ2n) is 4.97. The minimum absolute atomic E-state index is 0.337. The summed E-state index contributed by atoms with van der Waals surface area (Å²) in [6.45, 7) is 8.29. The predicted octanol–water partition coefficient (Wildman–Crippen LogP) is 4.28. The molecular formula is C14H18ClNO. The molecule has 1 aromatic carbocycles. The second-order valence-corrected chi connectivity index (χ2v) is 5.34. The van der Waals surface area contributed by atoms with Crippen LogP contribution in [0.4, 0.5) is 0 Å². The predicted molar refractivity (Wildman–Crippen MR) is 70.4 cm³/mol. The standard InChI is InChI=1S/C14H18ClNO/c1-10-7-12(8-11(2)13(10)15)17-6-5-14(3,4)9-16/h7-8H,5-6H2,1-4H3. The van der Waals surface area contributed by atoms with E-state index in [0.717, 1.165) is 21.9 Å². The van der Waals surface area contributed by atoms with Gasteiger partial charge in [0, 0.05) is 5.02 Å². The average molecular weight is 252 g/mol. The van der Waals surface area contributed by atoms with Crippen molar-refractivity contribution < 1.29 is 4.74 Å². The Morgan fingerprint density at radius 1 is 1.29 bits per heavy atom. The molecule has 0 saturated carbocycles. The zero-order valence-corrected chi connectivity index (χ0v) is 11.6. The fraction of sp³-hybridized carbons (Fsp3) is 0.500. The van der Waals surface area contributed by atoms with Crippen LogP contribution in [0.1, 0.15) is 31.4 Å². The molecule has 0 aliphatic carbocycles. The smallest absolute Gasteiger partial charge is 0.119 e. The van der Waals surface area contributed by atoms with Crippen LogP contribution in [0, 0.1) is 30.6 Å². The lowest BCUT2D eigenvalue weighted by atomic mass is 9.92. The van der Waals surface area contributed by atoms with Gasteiger partial charge < -0.3 is 4.74 Å². The van der Waals surface area contributed by atoms with Gasteiger partial charge in [0.05, 0.1) is 18.1 Å².